The number of benzene rings is 9. The molecule has 286 valence electrons. The lowest BCUT2D eigenvalue weighted by Gasteiger charge is -2.35. The van der Waals surface area contributed by atoms with Crippen molar-refractivity contribution in [2.24, 2.45) is 0 Å². The molecule has 0 saturated carbocycles. The summed E-state index contributed by atoms with van der Waals surface area (Å²) in [5.74, 6) is 0. The van der Waals surface area contributed by atoms with Crippen LogP contribution in [0.3, 0.4) is 0 Å². The Balaban J connectivity index is 0.949. The van der Waals surface area contributed by atoms with Crippen LogP contribution in [0.15, 0.2) is 188 Å². The van der Waals surface area contributed by atoms with Crippen LogP contribution >= 0.6 is 11.3 Å². The highest BCUT2D eigenvalue weighted by atomic mass is 32.1. The Bertz CT molecular complexity index is 4000. The van der Waals surface area contributed by atoms with Gasteiger partial charge in [0.15, 0.2) is 0 Å². The SMILES string of the molecule is CC1(C)c2cc(-c3ccc(-n4c5ccccc5c5c4ccc4c6ccccc6n(-c6ccccc6)c45)cc3)ccc2-n2c3ccccc3c3c4sc5ccccc5c4cc1c32. The van der Waals surface area contributed by atoms with Gasteiger partial charge in [0.2, 0.25) is 0 Å². The monoisotopic (exact) mass is 795 g/mol. The molecule has 0 fully saturated rings. The van der Waals surface area contributed by atoms with Crippen molar-refractivity contribution in [1.82, 2.24) is 13.7 Å². The van der Waals surface area contributed by atoms with Crippen LogP contribution in [-0.4, -0.2) is 13.7 Å². The Hall–Kier alpha value is -7.40. The first-order chi connectivity index (χ1) is 30.0. The molecule has 0 unspecified atom stereocenters. The van der Waals surface area contributed by atoms with E-state index in [1.165, 1.54) is 119 Å². The van der Waals surface area contributed by atoms with Crippen LogP contribution in [0.4, 0.5) is 0 Å². The van der Waals surface area contributed by atoms with E-state index >= 15 is 0 Å². The maximum absolute atomic E-state index is 2.55. The fraction of sp³-hybridized carbons (Fsp3) is 0.0526. The molecule has 0 amide bonds. The summed E-state index contributed by atoms with van der Waals surface area (Å²) in [4.78, 5) is 0. The lowest BCUT2D eigenvalue weighted by Crippen LogP contribution is -2.26. The van der Waals surface area contributed by atoms with Gasteiger partial charge in [-0.15, -0.1) is 11.3 Å². The van der Waals surface area contributed by atoms with Crippen molar-refractivity contribution >= 4 is 96.9 Å². The zero-order valence-corrected chi connectivity index (χ0v) is 34.5. The Kier molecular flexibility index (Phi) is 6.51. The first-order valence-electron chi connectivity index (χ1n) is 21.2. The fourth-order valence-corrected chi connectivity index (χ4v) is 12.3. The van der Waals surface area contributed by atoms with Crippen LogP contribution in [0.2, 0.25) is 0 Å². The minimum atomic E-state index is -0.221. The minimum absolute atomic E-state index is 0.221. The van der Waals surface area contributed by atoms with Gasteiger partial charge in [-0.05, 0) is 95.1 Å². The molecule has 0 spiro atoms. The summed E-state index contributed by atoms with van der Waals surface area (Å²) in [7, 11) is 0. The van der Waals surface area contributed by atoms with Crippen LogP contribution in [-0.2, 0) is 5.41 Å². The number of rotatable bonds is 3. The smallest absolute Gasteiger partial charge is 0.0641 e. The van der Waals surface area contributed by atoms with Gasteiger partial charge in [-0.3, -0.25) is 0 Å². The van der Waals surface area contributed by atoms with E-state index in [0.29, 0.717) is 0 Å². The maximum atomic E-state index is 2.55. The standard InChI is InChI=1S/C57H37N3S/c1-57(2)44-32-35(26-30-49(44)60-48-22-12-8-19-42(48)53-55(60)45(57)33-43-39-17-9-13-23-51(39)61-56(43)53)34-24-27-37(28-25-34)58-47-21-11-7-18-41(47)52-50(58)31-29-40-38-16-6-10-20-46(38)59(54(40)52)36-14-4-3-5-15-36/h3-33H,1-2H3. The highest BCUT2D eigenvalue weighted by Gasteiger charge is 2.37. The zero-order chi connectivity index (χ0) is 40.1. The molecule has 61 heavy (non-hydrogen) atoms. The molecule has 1 aliphatic heterocycles. The number of thiophene rings is 1. The molecule has 0 saturated heterocycles. The average molecular weight is 796 g/mol. The second-order valence-corrected chi connectivity index (χ2v) is 18.3. The second kappa shape index (κ2) is 11.9. The van der Waals surface area contributed by atoms with Crippen LogP contribution in [0.1, 0.15) is 25.0 Å². The highest BCUT2D eigenvalue weighted by molar-refractivity contribution is 7.26. The molecule has 0 bridgehead atoms. The van der Waals surface area contributed by atoms with E-state index in [-0.39, 0.29) is 5.41 Å². The van der Waals surface area contributed by atoms with Gasteiger partial charge in [0.1, 0.15) is 0 Å². The normalized spacial score (nSPS) is 13.5. The number of hydrogen-bond donors (Lipinski definition) is 0. The van der Waals surface area contributed by atoms with Crippen molar-refractivity contribution in [3.05, 3.63) is 199 Å². The third kappa shape index (κ3) is 4.32. The van der Waals surface area contributed by atoms with Gasteiger partial charge in [0.25, 0.3) is 0 Å². The van der Waals surface area contributed by atoms with Crippen molar-refractivity contribution < 1.29 is 0 Å². The number of aromatic nitrogens is 3. The van der Waals surface area contributed by atoms with Crippen molar-refractivity contribution in [2.45, 2.75) is 19.3 Å². The van der Waals surface area contributed by atoms with E-state index in [9.17, 15) is 0 Å². The number of para-hydroxylation sites is 4. The summed E-state index contributed by atoms with van der Waals surface area (Å²) >= 11 is 1.93. The van der Waals surface area contributed by atoms with Gasteiger partial charge >= 0.3 is 0 Å². The van der Waals surface area contributed by atoms with Crippen LogP contribution in [0, 0.1) is 0 Å². The van der Waals surface area contributed by atoms with E-state index in [1.807, 2.05) is 11.3 Å². The van der Waals surface area contributed by atoms with E-state index in [1.54, 1.807) is 0 Å². The minimum Gasteiger partial charge on any atom is -0.309 e. The van der Waals surface area contributed by atoms with Gasteiger partial charge in [0.05, 0.1) is 38.8 Å². The lowest BCUT2D eigenvalue weighted by atomic mass is 9.73. The number of hydrogen-bond acceptors (Lipinski definition) is 1. The largest absolute Gasteiger partial charge is 0.309 e. The predicted octanol–water partition coefficient (Wildman–Crippen LogP) is 15.7. The van der Waals surface area contributed by atoms with Crippen molar-refractivity contribution in [2.75, 3.05) is 0 Å². The topological polar surface area (TPSA) is 14.8 Å². The summed E-state index contributed by atoms with van der Waals surface area (Å²) in [6.45, 7) is 4.84. The number of fused-ring (bicyclic) bond motifs is 16. The average Bonchev–Trinajstić information content (AvgIpc) is 4.05. The van der Waals surface area contributed by atoms with Crippen molar-refractivity contribution in [1.29, 1.82) is 0 Å². The summed E-state index contributed by atoms with van der Waals surface area (Å²) in [5.41, 5.74) is 16.0. The fourth-order valence-electron chi connectivity index (χ4n) is 11.0. The molecule has 5 heterocycles. The van der Waals surface area contributed by atoms with Gasteiger partial charge in [-0.2, -0.15) is 0 Å². The lowest BCUT2D eigenvalue weighted by molar-refractivity contribution is 0.631. The Morgan fingerprint density at radius 2 is 0.984 bits per heavy atom. The third-order valence-electron chi connectivity index (χ3n) is 13.8. The molecule has 0 atom stereocenters. The van der Waals surface area contributed by atoms with E-state index in [0.717, 1.165) is 5.69 Å². The van der Waals surface area contributed by atoms with Crippen molar-refractivity contribution in [3.63, 3.8) is 0 Å². The Labute approximate surface area is 355 Å². The predicted molar refractivity (Wildman–Crippen MR) is 260 cm³/mol. The second-order valence-electron chi connectivity index (χ2n) is 17.3. The van der Waals surface area contributed by atoms with Crippen LogP contribution < -0.4 is 0 Å². The Morgan fingerprint density at radius 1 is 0.377 bits per heavy atom. The molecular formula is C57H37N3S. The van der Waals surface area contributed by atoms with Gasteiger partial charge in [0, 0.05) is 69.3 Å². The zero-order valence-electron chi connectivity index (χ0n) is 33.6. The third-order valence-corrected chi connectivity index (χ3v) is 15.0. The molecule has 0 radical (unpaired) electrons. The summed E-state index contributed by atoms with van der Waals surface area (Å²) in [6.07, 6.45) is 0. The first kappa shape index (κ1) is 33.4. The molecule has 13 aromatic rings. The van der Waals surface area contributed by atoms with E-state index in [4.69, 9.17) is 0 Å². The Morgan fingerprint density at radius 3 is 1.75 bits per heavy atom. The molecular weight excluding hydrogens is 759 g/mol. The molecule has 14 rings (SSSR count). The van der Waals surface area contributed by atoms with Crippen molar-refractivity contribution in [3.8, 4) is 28.2 Å². The van der Waals surface area contributed by atoms with E-state index in [2.05, 4.69) is 216 Å². The first-order valence-corrected chi connectivity index (χ1v) is 22.0. The van der Waals surface area contributed by atoms with Gasteiger partial charge in [-0.1, -0.05) is 129 Å². The van der Waals surface area contributed by atoms with E-state index < -0.39 is 0 Å². The summed E-state index contributed by atoms with van der Waals surface area (Å²) in [5, 5.41) is 10.5. The number of nitrogens with zero attached hydrogens (tertiary/aromatic N) is 3. The molecule has 4 aromatic heterocycles. The van der Waals surface area contributed by atoms with Gasteiger partial charge < -0.3 is 13.7 Å². The van der Waals surface area contributed by atoms with Gasteiger partial charge in [-0.25, -0.2) is 0 Å². The molecule has 9 aromatic carbocycles. The molecule has 3 nitrogen and oxygen atoms in total. The molecule has 0 N–H and O–H groups in total. The van der Waals surface area contributed by atoms with Crippen LogP contribution in [0.5, 0.6) is 0 Å². The molecule has 1 aliphatic rings. The maximum Gasteiger partial charge on any atom is 0.0641 e. The summed E-state index contributed by atoms with van der Waals surface area (Å²) < 4.78 is 10.2. The summed E-state index contributed by atoms with van der Waals surface area (Å²) in [6, 6.07) is 69.9. The molecule has 4 heteroatoms. The highest BCUT2D eigenvalue weighted by Crippen LogP contribution is 2.53. The van der Waals surface area contributed by atoms with Crippen LogP contribution in [0.25, 0.3) is 114 Å². The molecule has 0 aliphatic carbocycles. The quantitative estimate of drug-likeness (QED) is 0.169.